The van der Waals surface area contributed by atoms with Gasteiger partial charge in [0, 0.05) is 18.4 Å². The van der Waals surface area contributed by atoms with Crippen LogP contribution in [-0.4, -0.2) is 25.4 Å². The van der Waals surface area contributed by atoms with Crippen LogP contribution in [0.4, 0.5) is 4.39 Å². The number of ketones is 1. The standard InChI is InChI=1S/C23H19FN4OS/c1-14-2-4-15(5-3-14)13-30-23-26-22-25-20-10-17(16-6-8-18(24)9-7-16)11-21(29)19(20)12-28(22)27-23/h2-9,12,17H,10-11,13H2,1H3/t17-/m0/s1. The molecule has 0 saturated heterocycles. The van der Waals surface area contributed by atoms with Crippen LogP contribution in [0.1, 0.15) is 45.1 Å². The van der Waals surface area contributed by atoms with Crippen molar-refractivity contribution in [3.05, 3.63) is 88.5 Å². The average Bonchev–Trinajstić information content (AvgIpc) is 3.14. The molecule has 0 radical (unpaired) electrons. The van der Waals surface area contributed by atoms with Crippen LogP contribution in [0.2, 0.25) is 0 Å². The Morgan fingerprint density at radius 2 is 1.83 bits per heavy atom. The molecule has 0 N–H and O–H groups in total. The lowest BCUT2D eigenvalue weighted by Gasteiger charge is -2.23. The van der Waals surface area contributed by atoms with Crippen LogP contribution >= 0.6 is 11.8 Å². The largest absolute Gasteiger partial charge is 0.294 e. The van der Waals surface area contributed by atoms with Gasteiger partial charge in [-0.3, -0.25) is 4.79 Å². The van der Waals surface area contributed by atoms with Crippen molar-refractivity contribution in [3.63, 3.8) is 0 Å². The molecule has 2 heterocycles. The van der Waals surface area contributed by atoms with Crippen molar-refractivity contribution in [1.29, 1.82) is 0 Å². The van der Waals surface area contributed by atoms with Crippen molar-refractivity contribution >= 4 is 23.3 Å². The van der Waals surface area contributed by atoms with E-state index in [0.717, 1.165) is 17.0 Å². The van der Waals surface area contributed by atoms with Gasteiger partial charge in [0.05, 0.1) is 11.3 Å². The molecule has 5 nitrogen and oxygen atoms in total. The first-order chi connectivity index (χ1) is 14.5. The van der Waals surface area contributed by atoms with Crippen molar-refractivity contribution < 1.29 is 9.18 Å². The van der Waals surface area contributed by atoms with Crippen molar-refractivity contribution in [1.82, 2.24) is 19.6 Å². The lowest BCUT2D eigenvalue weighted by molar-refractivity contribution is 0.0962. The molecule has 0 bridgehead atoms. The Balaban J connectivity index is 1.39. The van der Waals surface area contributed by atoms with Gasteiger partial charge in [-0.05, 0) is 42.5 Å². The van der Waals surface area contributed by atoms with E-state index >= 15 is 0 Å². The fourth-order valence-electron chi connectivity index (χ4n) is 3.73. The Labute approximate surface area is 177 Å². The van der Waals surface area contributed by atoms with Gasteiger partial charge in [0.1, 0.15) is 5.82 Å². The quantitative estimate of drug-likeness (QED) is 0.447. The number of hydrogen-bond donors (Lipinski definition) is 0. The molecule has 0 spiro atoms. The van der Waals surface area contributed by atoms with Crippen LogP contribution < -0.4 is 0 Å². The minimum absolute atomic E-state index is 0.00106. The Morgan fingerprint density at radius 3 is 2.60 bits per heavy atom. The summed E-state index contributed by atoms with van der Waals surface area (Å²) < 4.78 is 14.8. The number of rotatable bonds is 4. The molecule has 1 atom stereocenters. The summed E-state index contributed by atoms with van der Waals surface area (Å²) in [7, 11) is 0. The summed E-state index contributed by atoms with van der Waals surface area (Å²) in [5.41, 5.74) is 4.71. The van der Waals surface area contributed by atoms with E-state index < -0.39 is 0 Å². The highest BCUT2D eigenvalue weighted by atomic mass is 32.2. The molecule has 2 aromatic carbocycles. The Hall–Kier alpha value is -3.06. The highest BCUT2D eigenvalue weighted by molar-refractivity contribution is 7.98. The summed E-state index contributed by atoms with van der Waals surface area (Å²) in [6.07, 6.45) is 2.75. The first kappa shape index (κ1) is 18.9. The lowest BCUT2D eigenvalue weighted by Crippen LogP contribution is -2.21. The maximum absolute atomic E-state index is 13.2. The second-order valence-electron chi connectivity index (χ2n) is 7.59. The molecule has 5 rings (SSSR count). The third-order valence-corrected chi connectivity index (χ3v) is 6.30. The van der Waals surface area contributed by atoms with Crippen molar-refractivity contribution in [2.45, 2.75) is 36.6 Å². The second-order valence-corrected chi connectivity index (χ2v) is 8.54. The first-order valence-electron chi connectivity index (χ1n) is 9.78. The fraction of sp³-hybridized carbons (Fsp3) is 0.217. The van der Waals surface area contributed by atoms with Crippen LogP contribution in [0.25, 0.3) is 5.78 Å². The number of carbonyl (C=O) groups excluding carboxylic acids is 1. The number of benzene rings is 2. The van der Waals surface area contributed by atoms with E-state index in [0.29, 0.717) is 29.3 Å². The Morgan fingerprint density at radius 1 is 1.07 bits per heavy atom. The Bertz CT molecular complexity index is 1230. The van der Waals surface area contributed by atoms with Crippen molar-refractivity contribution in [3.8, 4) is 0 Å². The van der Waals surface area contributed by atoms with Crippen LogP contribution in [-0.2, 0) is 12.2 Å². The van der Waals surface area contributed by atoms with E-state index in [4.69, 9.17) is 0 Å². The van der Waals surface area contributed by atoms with Gasteiger partial charge in [0.2, 0.25) is 5.16 Å². The van der Waals surface area contributed by atoms with Gasteiger partial charge in [0.25, 0.3) is 5.78 Å². The summed E-state index contributed by atoms with van der Waals surface area (Å²) in [4.78, 5) is 21.9. The number of hydrogen-bond acceptors (Lipinski definition) is 5. The van der Waals surface area contributed by atoms with E-state index in [9.17, 15) is 9.18 Å². The zero-order valence-corrected chi connectivity index (χ0v) is 17.2. The smallest absolute Gasteiger partial charge is 0.253 e. The molecule has 150 valence electrons. The maximum Gasteiger partial charge on any atom is 0.253 e. The third kappa shape index (κ3) is 3.73. The summed E-state index contributed by atoms with van der Waals surface area (Å²) in [6.45, 7) is 2.07. The molecule has 4 aromatic rings. The number of aryl methyl sites for hydroxylation is 1. The summed E-state index contributed by atoms with van der Waals surface area (Å²) in [5.74, 6) is 1.01. The van der Waals surface area contributed by atoms with Gasteiger partial charge < -0.3 is 0 Å². The number of halogens is 1. The molecule has 30 heavy (non-hydrogen) atoms. The molecule has 0 amide bonds. The minimum atomic E-state index is -0.278. The molecule has 0 saturated carbocycles. The SMILES string of the molecule is Cc1ccc(CSc2nc3nc4c(cn3n2)C(=O)C[C@@H](c2ccc(F)cc2)C4)cc1. The van der Waals surface area contributed by atoms with E-state index in [1.54, 1.807) is 34.6 Å². The molecule has 2 aromatic heterocycles. The van der Waals surface area contributed by atoms with Gasteiger partial charge in [0.15, 0.2) is 5.78 Å². The van der Waals surface area contributed by atoms with Crippen LogP contribution in [0, 0.1) is 12.7 Å². The molecular weight excluding hydrogens is 399 g/mol. The number of thioether (sulfide) groups is 1. The van der Waals surface area contributed by atoms with Crippen molar-refractivity contribution in [2.75, 3.05) is 0 Å². The minimum Gasteiger partial charge on any atom is -0.294 e. The molecule has 1 aliphatic carbocycles. The van der Waals surface area contributed by atoms with Crippen LogP contribution in [0.5, 0.6) is 0 Å². The highest BCUT2D eigenvalue weighted by Crippen LogP contribution is 2.32. The number of Topliss-reactive ketones (excluding diaryl/α,β-unsaturated/α-hetero) is 1. The van der Waals surface area contributed by atoms with Gasteiger partial charge >= 0.3 is 0 Å². The van der Waals surface area contributed by atoms with Crippen LogP contribution in [0.15, 0.2) is 59.9 Å². The van der Waals surface area contributed by atoms with E-state index in [1.165, 1.54) is 23.3 Å². The van der Waals surface area contributed by atoms with Gasteiger partial charge in [-0.15, -0.1) is 5.10 Å². The van der Waals surface area contributed by atoms with Crippen LogP contribution in [0.3, 0.4) is 0 Å². The number of fused-ring (bicyclic) bond motifs is 2. The maximum atomic E-state index is 13.2. The third-order valence-electron chi connectivity index (χ3n) is 5.39. The lowest BCUT2D eigenvalue weighted by atomic mass is 9.82. The van der Waals surface area contributed by atoms with Crippen molar-refractivity contribution in [2.24, 2.45) is 0 Å². The van der Waals surface area contributed by atoms with E-state index in [-0.39, 0.29) is 17.5 Å². The predicted octanol–water partition coefficient (Wildman–Crippen LogP) is 4.78. The molecule has 1 aliphatic rings. The molecule has 0 aliphatic heterocycles. The van der Waals surface area contributed by atoms with E-state index in [1.807, 2.05) is 0 Å². The zero-order chi connectivity index (χ0) is 20.7. The number of nitrogens with zero attached hydrogens (tertiary/aromatic N) is 4. The summed E-state index contributed by atoms with van der Waals surface area (Å²) in [6, 6.07) is 14.7. The molecule has 0 fully saturated rings. The molecule has 0 unspecified atom stereocenters. The monoisotopic (exact) mass is 418 g/mol. The summed E-state index contributed by atoms with van der Waals surface area (Å²) >= 11 is 1.54. The molecule has 7 heteroatoms. The normalized spacial score (nSPS) is 16.1. The molecular formula is C23H19FN4OS. The van der Waals surface area contributed by atoms with Gasteiger partial charge in [-0.25, -0.2) is 13.9 Å². The fourth-order valence-corrected chi connectivity index (χ4v) is 4.51. The topological polar surface area (TPSA) is 60.1 Å². The number of carbonyl (C=O) groups is 1. The Kier molecular flexibility index (Phi) is 4.83. The summed E-state index contributed by atoms with van der Waals surface area (Å²) in [5, 5.41) is 5.12. The first-order valence-corrected chi connectivity index (χ1v) is 10.8. The second kappa shape index (κ2) is 7.65. The van der Waals surface area contributed by atoms with E-state index in [2.05, 4.69) is 46.3 Å². The predicted molar refractivity (Wildman–Crippen MR) is 113 cm³/mol. The van der Waals surface area contributed by atoms with Gasteiger partial charge in [-0.1, -0.05) is 53.7 Å². The zero-order valence-electron chi connectivity index (χ0n) is 16.4. The van der Waals surface area contributed by atoms with Gasteiger partial charge in [-0.2, -0.15) is 4.98 Å². The number of aromatic nitrogens is 4. The highest BCUT2D eigenvalue weighted by Gasteiger charge is 2.28. The average molecular weight is 418 g/mol.